The summed E-state index contributed by atoms with van der Waals surface area (Å²) in [5, 5.41) is 17.2. The maximum atomic E-state index is 11.9. The molecule has 6 nitrogen and oxygen atoms in total. The molecule has 2 aromatic heterocycles. The number of carbonyl (C=O) groups excluding carboxylic acids is 1. The number of halogens is 1. The molecule has 0 aliphatic carbocycles. The van der Waals surface area contributed by atoms with Gasteiger partial charge in [-0.15, -0.1) is 0 Å². The molecule has 1 aromatic carbocycles. The van der Waals surface area contributed by atoms with Crippen LogP contribution in [0.1, 0.15) is 16.2 Å². The molecule has 0 aliphatic rings. The van der Waals surface area contributed by atoms with Gasteiger partial charge >= 0.3 is 0 Å². The van der Waals surface area contributed by atoms with Crippen molar-refractivity contribution in [2.75, 3.05) is 0 Å². The molecule has 116 valence electrons. The second-order valence-corrected chi connectivity index (χ2v) is 5.80. The summed E-state index contributed by atoms with van der Waals surface area (Å²) in [4.78, 5) is 16.4. The van der Waals surface area contributed by atoms with E-state index in [1.165, 1.54) is 24.4 Å². The molecule has 0 saturated heterocycles. The highest BCUT2D eigenvalue weighted by atomic mass is 35.5. The number of H-pyrrole nitrogens is 1. The Morgan fingerprint density at radius 2 is 2.17 bits per heavy atom. The van der Waals surface area contributed by atoms with Crippen molar-refractivity contribution in [1.82, 2.24) is 15.2 Å². The Labute approximate surface area is 140 Å². The van der Waals surface area contributed by atoms with Gasteiger partial charge in [0.15, 0.2) is 10.9 Å². The molecule has 23 heavy (non-hydrogen) atoms. The van der Waals surface area contributed by atoms with Gasteiger partial charge in [-0.05, 0) is 30.0 Å². The Bertz CT molecular complexity index is 858. The zero-order valence-corrected chi connectivity index (χ0v) is 13.1. The smallest absolute Gasteiger partial charge is 0.226 e. The van der Waals surface area contributed by atoms with Crippen LogP contribution in [-0.2, 0) is 0 Å². The summed E-state index contributed by atoms with van der Waals surface area (Å²) in [5.74, 6) is -0.676. The lowest BCUT2D eigenvalue weighted by Crippen LogP contribution is -1.99. The number of aromatic nitrogens is 3. The topological polar surface area (TPSA) is 92.0 Å². The zero-order chi connectivity index (χ0) is 16.2. The number of nitrogens with zero attached hydrogens (tertiary/aromatic N) is 2. The fourth-order valence-corrected chi connectivity index (χ4v) is 2.94. The van der Waals surface area contributed by atoms with Crippen molar-refractivity contribution in [3.63, 3.8) is 0 Å². The molecule has 0 unspecified atom stereocenters. The van der Waals surface area contributed by atoms with Crippen LogP contribution in [0.25, 0.3) is 5.76 Å². The first-order valence-corrected chi connectivity index (χ1v) is 7.65. The third-order valence-electron chi connectivity index (χ3n) is 2.86. The van der Waals surface area contributed by atoms with E-state index in [1.807, 2.05) is 18.2 Å². The van der Waals surface area contributed by atoms with E-state index in [1.54, 1.807) is 12.1 Å². The van der Waals surface area contributed by atoms with E-state index < -0.39 is 5.78 Å². The highest BCUT2D eigenvalue weighted by Crippen LogP contribution is 2.37. The summed E-state index contributed by atoms with van der Waals surface area (Å²) in [7, 11) is 0. The Morgan fingerprint density at radius 3 is 2.91 bits per heavy atom. The number of hydrogen-bond donors (Lipinski definition) is 2. The molecule has 0 saturated carbocycles. The third-order valence-corrected chi connectivity index (χ3v) is 4.38. The Balaban J connectivity index is 1.86. The Hall–Kier alpha value is -2.51. The van der Waals surface area contributed by atoms with Gasteiger partial charge < -0.3 is 9.52 Å². The number of aliphatic hydroxyl groups is 1. The molecular formula is C15H10ClN3O3S. The minimum atomic E-state index is -0.491. The predicted octanol–water partition coefficient (Wildman–Crippen LogP) is 3.98. The molecule has 0 aliphatic heterocycles. The number of aliphatic hydroxyl groups excluding tert-OH is 1. The number of hydrogen-bond acceptors (Lipinski definition) is 6. The number of nitrogens with one attached hydrogen (secondary N) is 1. The van der Waals surface area contributed by atoms with Crippen LogP contribution in [0.5, 0.6) is 0 Å². The van der Waals surface area contributed by atoms with E-state index in [2.05, 4.69) is 15.2 Å². The second-order valence-electron chi connectivity index (χ2n) is 4.38. The van der Waals surface area contributed by atoms with Crippen molar-refractivity contribution >= 4 is 34.9 Å². The van der Waals surface area contributed by atoms with Crippen molar-refractivity contribution < 1.29 is 14.3 Å². The first-order valence-electron chi connectivity index (χ1n) is 6.46. The molecule has 2 N–H and O–H groups in total. The van der Waals surface area contributed by atoms with Crippen molar-refractivity contribution in [2.45, 2.75) is 9.99 Å². The van der Waals surface area contributed by atoms with Crippen LogP contribution in [0.4, 0.5) is 0 Å². The van der Waals surface area contributed by atoms with Crippen molar-refractivity contribution in [3.8, 4) is 0 Å². The highest BCUT2D eigenvalue weighted by molar-refractivity contribution is 7.99. The highest BCUT2D eigenvalue weighted by Gasteiger charge is 2.16. The number of aromatic amines is 1. The summed E-state index contributed by atoms with van der Waals surface area (Å²) >= 11 is 7.37. The molecule has 0 spiro atoms. The normalized spacial score (nSPS) is 11.6. The van der Waals surface area contributed by atoms with Gasteiger partial charge in [0.2, 0.25) is 5.78 Å². The van der Waals surface area contributed by atoms with Crippen LogP contribution in [0.15, 0.2) is 63.4 Å². The van der Waals surface area contributed by atoms with E-state index in [4.69, 9.17) is 16.0 Å². The van der Waals surface area contributed by atoms with Gasteiger partial charge in [-0.25, -0.2) is 4.98 Å². The number of furan rings is 1. The number of carbonyl (C=O) groups is 1. The molecule has 3 rings (SSSR count). The molecular weight excluding hydrogens is 338 g/mol. The van der Waals surface area contributed by atoms with Gasteiger partial charge in [0.1, 0.15) is 12.1 Å². The van der Waals surface area contributed by atoms with Crippen LogP contribution in [0.2, 0.25) is 5.02 Å². The molecule has 0 atom stereocenters. The Kier molecular flexibility index (Phi) is 4.50. The standard InChI is InChI=1S/C15H10ClN3O3S/c16-10-3-1-2-4-13(10)23-15-9(5-6-22-15)11(20)7-12(21)14-17-8-18-19-14/h1-8,20H,(H,17,18,19). The summed E-state index contributed by atoms with van der Waals surface area (Å²) in [6.07, 6.45) is 3.70. The van der Waals surface area contributed by atoms with Crippen LogP contribution in [0, 0.1) is 0 Å². The van der Waals surface area contributed by atoms with Crippen LogP contribution >= 0.6 is 23.4 Å². The molecule has 0 amide bonds. The molecule has 3 aromatic rings. The zero-order valence-electron chi connectivity index (χ0n) is 11.6. The second kappa shape index (κ2) is 6.72. The third kappa shape index (κ3) is 3.46. The molecule has 0 fully saturated rings. The van der Waals surface area contributed by atoms with E-state index >= 15 is 0 Å². The first kappa shape index (κ1) is 15.4. The SMILES string of the molecule is O=C(C=C(O)c1ccoc1Sc1ccccc1Cl)c1ncn[nH]1. The van der Waals surface area contributed by atoms with Gasteiger partial charge in [-0.1, -0.05) is 23.7 Å². The Morgan fingerprint density at radius 1 is 1.35 bits per heavy atom. The maximum absolute atomic E-state index is 11.9. The molecule has 2 heterocycles. The minimum absolute atomic E-state index is 0.0420. The average molecular weight is 348 g/mol. The molecule has 0 bridgehead atoms. The summed E-state index contributed by atoms with van der Waals surface area (Å²) < 4.78 is 5.37. The lowest BCUT2D eigenvalue weighted by molar-refractivity contribution is 0.103. The maximum Gasteiger partial charge on any atom is 0.226 e. The number of ketones is 1. The van der Waals surface area contributed by atoms with Crippen LogP contribution < -0.4 is 0 Å². The van der Waals surface area contributed by atoms with Gasteiger partial charge in [0, 0.05) is 11.0 Å². The van der Waals surface area contributed by atoms with Crippen molar-refractivity contribution in [2.24, 2.45) is 0 Å². The quantitative estimate of drug-likeness (QED) is 0.412. The van der Waals surface area contributed by atoms with Crippen molar-refractivity contribution in [1.29, 1.82) is 0 Å². The van der Waals surface area contributed by atoms with Gasteiger partial charge in [-0.2, -0.15) is 5.10 Å². The van der Waals surface area contributed by atoms with Gasteiger partial charge in [0.05, 0.1) is 16.8 Å². The summed E-state index contributed by atoms with van der Waals surface area (Å²) in [6.45, 7) is 0. The predicted molar refractivity (Wildman–Crippen MR) is 85.6 cm³/mol. The summed E-state index contributed by atoms with van der Waals surface area (Å²) in [5.41, 5.74) is 0.391. The number of benzene rings is 1. The largest absolute Gasteiger partial charge is 0.507 e. The van der Waals surface area contributed by atoms with E-state index in [9.17, 15) is 9.90 Å². The average Bonchev–Trinajstić information content (AvgIpc) is 3.20. The molecule has 8 heteroatoms. The van der Waals surface area contributed by atoms with Gasteiger partial charge in [-0.3, -0.25) is 9.89 Å². The van der Waals surface area contributed by atoms with Crippen molar-refractivity contribution in [3.05, 3.63) is 65.4 Å². The van der Waals surface area contributed by atoms with Gasteiger partial charge in [0.25, 0.3) is 0 Å². The minimum Gasteiger partial charge on any atom is -0.507 e. The lowest BCUT2D eigenvalue weighted by Gasteiger charge is -2.03. The fraction of sp³-hybridized carbons (Fsp3) is 0. The molecule has 0 radical (unpaired) electrons. The first-order chi connectivity index (χ1) is 11.1. The number of rotatable bonds is 5. The van der Waals surface area contributed by atoms with E-state index in [0.717, 1.165) is 11.0 Å². The van der Waals surface area contributed by atoms with E-state index in [0.29, 0.717) is 15.7 Å². The monoisotopic (exact) mass is 347 g/mol. The van der Waals surface area contributed by atoms with Crippen LogP contribution in [-0.4, -0.2) is 26.1 Å². The van der Waals surface area contributed by atoms with Crippen LogP contribution in [0.3, 0.4) is 0 Å². The fourth-order valence-electron chi connectivity index (χ4n) is 1.79. The summed E-state index contributed by atoms with van der Waals surface area (Å²) in [6, 6.07) is 8.83. The lowest BCUT2D eigenvalue weighted by atomic mass is 10.2. The van der Waals surface area contributed by atoms with E-state index in [-0.39, 0.29) is 11.6 Å². The number of allylic oxidation sites excluding steroid dienone is 1.